The highest BCUT2D eigenvalue weighted by Crippen LogP contribution is 2.28. The Bertz CT molecular complexity index is 836. The van der Waals surface area contributed by atoms with E-state index in [1.165, 1.54) is 5.56 Å². The number of benzene rings is 2. The van der Waals surface area contributed by atoms with Crippen molar-refractivity contribution < 1.29 is 4.79 Å². The molecular formula is C19H20N2O. The van der Waals surface area contributed by atoms with Crippen molar-refractivity contribution in [1.29, 1.82) is 0 Å². The summed E-state index contributed by atoms with van der Waals surface area (Å²) >= 11 is 0. The van der Waals surface area contributed by atoms with E-state index in [9.17, 15) is 4.79 Å². The van der Waals surface area contributed by atoms with Gasteiger partial charge in [0.2, 0.25) is 5.91 Å². The zero-order valence-electron chi connectivity index (χ0n) is 13.4. The van der Waals surface area contributed by atoms with E-state index in [1.54, 1.807) is 11.5 Å². The van der Waals surface area contributed by atoms with Gasteiger partial charge in [-0.25, -0.2) is 4.98 Å². The molecule has 0 radical (unpaired) electrons. The summed E-state index contributed by atoms with van der Waals surface area (Å²) in [5, 5.41) is 0. The molecule has 3 nitrogen and oxygen atoms in total. The van der Waals surface area contributed by atoms with Gasteiger partial charge in [0, 0.05) is 12.5 Å². The van der Waals surface area contributed by atoms with Crippen molar-refractivity contribution in [3.8, 4) is 11.4 Å². The molecule has 1 heterocycles. The first-order valence-electron chi connectivity index (χ1n) is 7.47. The van der Waals surface area contributed by atoms with E-state index in [0.717, 1.165) is 16.6 Å². The number of nitrogens with zero attached hydrogens (tertiary/aromatic N) is 2. The van der Waals surface area contributed by atoms with Crippen LogP contribution in [0.15, 0.2) is 48.5 Å². The van der Waals surface area contributed by atoms with Gasteiger partial charge in [-0.15, -0.1) is 0 Å². The Balaban J connectivity index is 2.18. The molecule has 0 aliphatic heterocycles. The van der Waals surface area contributed by atoms with E-state index in [2.05, 4.69) is 37.9 Å². The van der Waals surface area contributed by atoms with Gasteiger partial charge in [-0.2, -0.15) is 0 Å². The fourth-order valence-electron chi connectivity index (χ4n) is 2.66. The summed E-state index contributed by atoms with van der Waals surface area (Å²) in [7, 11) is 0. The monoisotopic (exact) mass is 292 g/mol. The number of rotatable bonds is 1. The molecule has 0 bridgehead atoms. The van der Waals surface area contributed by atoms with E-state index in [0.29, 0.717) is 5.82 Å². The van der Waals surface area contributed by atoms with E-state index in [1.807, 2.05) is 36.4 Å². The lowest BCUT2D eigenvalue weighted by atomic mass is 9.87. The minimum absolute atomic E-state index is 0.0244. The van der Waals surface area contributed by atoms with Gasteiger partial charge in [0.25, 0.3) is 0 Å². The molecule has 22 heavy (non-hydrogen) atoms. The molecule has 1 aromatic heterocycles. The minimum Gasteiger partial charge on any atom is -0.274 e. The van der Waals surface area contributed by atoms with Crippen LogP contribution in [-0.2, 0) is 5.41 Å². The van der Waals surface area contributed by atoms with E-state index in [-0.39, 0.29) is 11.3 Å². The SMILES string of the molecule is CC(=O)n1c(-c2ccc(C(C)(C)C)cc2)nc2ccccc21. The number of para-hydroxylation sites is 2. The molecule has 0 saturated carbocycles. The van der Waals surface area contributed by atoms with Crippen LogP contribution >= 0.6 is 0 Å². The molecule has 3 rings (SSSR count). The van der Waals surface area contributed by atoms with Crippen LogP contribution < -0.4 is 0 Å². The highest BCUT2D eigenvalue weighted by molar-refractivity contribution is 5.93. The van der Waals surface area contributed by atoms with Crippen molar-refractivity contribution in [2.75, 3.05) is 0 Å². The smallest absolute Gasteiger partial charge is 0.229 e. The Hall–Kier alpha value is -2.42. The van der Waals surface area contributed by atoms with Crippen LogP contribution in [0.2, 0.25) is 0 Å². The lowest BCUT2D eigenvalue weighted by Crippen LogP contribution is -2.11. The average Bonchev–Trinajstić information content (AvgIpc) is 2.86. The average molecular weight is 292 g/mol. The Morgan fingerprint density at radius 2 is 1.64 bits per heavy atom. The second-order valence-electron chi connectivity index (χ2n) is 6.61. The molecule has 0 aliphatic rings. The summed E-state index contributed by atoms with van der Waals surface area (Å²) in [4.78, 5) is 16.7. The van der Waals surface area contributed by atoms with Crippen LogP contribution in [-0.4, -0.2) is 15.5 Å². The third-order valence-corrected chi connectivity index (χ3v) is 3.88. The molecule has 0 spiro atoms. The van der Waals surface area contributed by atoms with Gasteiger partial charge in [-0.05, 0) is 23.1 Å². The second-order valence-corrected chi connectivity index (χ2v) is 6.61. The molecule has 3 aromatic rings. The van der Waals surface area contributed by atoms with Crippen molar-refractivity contribution in [1.82, 2.24) is 9.55 Å². The van der Waals surface area contributed by atoms with Crippen molar-refractivity contribution in [2.45, 2.75) is 33.1 Å². The first kappa shape index (κ1) is 14.5. The van der Waals surface area contributed by atoms with E-state index < -0.39 is 0 Å². The molecule has 0 N–H and O–H groups in total. The molecule has 3 heteroatoms. The van der Waals surface area contributed by atoms with E-state index >= 15 is 0 Å². The summed E-state index contributed by atoms with van der Waals surface area (Å²) in [6.45, 7) is 8.13. The molecule has 112 valence electrons. The lowest BCUT2D eigenvalue weighted by Gasteiger charge is -2.19. The van der Waals surface area contributed by atoms with Crippen molar-refractivity contribution in [2.24, 2.45) is 0 Å². The van der Waals surface area contributed by atoms with Gasteiger partial charge < -0.3 is 0 Å². The van der Waals surface area contributed by atoms with Gasteiger partial charge >= 0.3 is 0 Å². The van der Waals surface area contributed by atoms with Gasteiger partial charge in [0.15, 0.2) is 0 Å². The number of fused-ring (bicyclic) bond motifs is 1. The molecular weight excluding hydrogens is 272 g/mol. The summed E-state index contributed by atoms with van der Waals surface area (Å²) in [5.74, 6) is 0.678. The fourth-order valence-corrected chi connectivity index (χ4v) is 2.66. The number of hydrogen-bond acceptors (Lipinski definition) is 2. The summed E-state index contributed by atoms with van der Waals surface area (Å²) in [5.41, 5.74) is 4.03. The maximum Gasteiger partial charge on any atom is 0.229 e. The molecule has 0 saturated heterocycles. The van der Waals surface area contributed by atoms with Crippen LogP contribution in [0, 0.1) is 0 Å². The van der Waals surface area contributed by atoms with Crippen LogP contribution in [0.25, 0.3) is 22.4 Å². The van der Waals surface area contributed by atoms with Crippen molar-refractivity contribution >= 4 is 16.9 Å². The zero-order valence-corrected chi connectivity index (χ0v) is 13.4. The topological polar surface area (TPSA) is 34.9 Å². The van der Waals surface area contributed by atoms with Crippen molar-refractivity contribution in [3.63, 3.8) is 0 Å². The van der Waals surface area contributed by atoms with Crippen LogP contribution in [0.3, 0.4) is 0 Å². The quantitative estimate of drug-likeness (QED) is 0.653. The Morgan fingerprint density at radius 3 is 2.23 bits per heavy atom. The predicted molar refractivity (Wildman–Crippen MR) is 90.2 cm³/mol. The molecule has 2 aromatic carbocycles. The maximum atomic E-state index is 12.1. The summed E-state index contributed by atoms with van der Waals surface area (Å²) in [6, 6.07) is 16.0. The third-order valence-electron chi connectivity index (χ3n) is 3.88. The molecule has 0 amide bonds. The fraction of sp³-hybridized carbons (Fsp3) is 0.263. The van der Waals surface area contributed by atoms with Crippen LogP contribution in [0.1, 0.15) is 38.1 Å². The van der Waals surface area contributed by atoms with Crippen LogP contribution in [0.5, 0.6) is 0 Å². The third kappa shape index (κ3) is 2.43. The highest BCUT2D eigenvalue weighted by atomic mass is 16.1. The number of carbonyl (C=O) groups excluding carboxylic acids is 1. The number of hydrogen-bond donors (Lipinski definition) is 0. The van der Waals surface area contributed by atoms with Gasteiger partial charge in [-0.3, -0.25) is 9.36 Å². The predicted octanol–water partition coefficient (Wildman–Crippen LogP) is 4.66. The second kappa shape index (κ2) is 5.09. The van der Waals surface area contributed by atoms with Gasteiger partial charge in [0.05, 0.1) is 11.0 Å². The van der Waals surface area contributed by atoms with E-state index in [4.69, 9.17) is 0 Å². The Labute approximate surface area is 130 Å². The molecule has 0 fully saturated rings. The first-order chi connectivity index (χ1) is 10.4. The Morgan fingerprint density at radius 1 is 1.00 bits per heavy atom. The highest BCUT2D eigenvalue weighted by Gasteiger charge is 2.17. The number of imidazole rings is 1. The minimum atomic E-state index is -0.0244. The summed E-state index contributed by atoms with van der Waals surface area (Å²) in [6.07, 6.45) is 0. The summed E-state index contributed by atoms with van der Waals surface area (Å²) < 4.78 is 1.68. The van der Waals surface area contributed by atoms with Gasteiger partial charge in [-0.1, -0.05) is 57.2 Å². The largest absolute Gasteiger partial charge is 0.274 e. The lowest BCUT2D eigenvalue weighted by molar-refractivity contribution is 0.0943. The molecule has 0 unspecified atom stereocenters. The van der Waals surface area contributed by atoms with Gasteiger partial charge in [0.1, 0.15) is 5.82 Å². The normalized spacial score (nSPS) is 11.8. The zero-order chi connectivity index (χ0) is 15.9. The number of carbonyl (C=O) groups is 1. The van der Waals surface area contributed by atoms with Crippen LogP contribution in [0.4, 0.5) is 0 Å². The first-order valence-corrected chi connectivity index (χ1v) is 7.47. The Kier molecular flexibility index (Phi) is 3.36. The molecule has 0 atom stereocenters. The molecule has 0 aliphatic carbocycles. The van der Waals surface area contributed by atoms with Crippen molar-refractivity contribution in [3.05, 3.63) is 54.1 Å². The maximum absolute atomic E-state index is 12.1. The number of aromatic nitrogens is 2. The standard InChI is InChI=1S/C19H20N2O/c1-13(22)21-17-8-6-5-7-16(17)20-18(21)14-9-11-15(12-10-14)19(2,3)4/h5-12H,1-4H3.